The highest BCUT2D eigenvalue weighted by molar-refractivity contribution is 5.99. The molecule has 0 saturated heterocycles. The second-order valence-electron chi connectivity index (χ2n) is 8.18. The van der Waals surface area contributed by atoms with Crippen LogP contribution in [0.5, 0.6) is 5.75 Å². The number of fused-ring (bicyclic) bond motifs is 1. The molecule has 1 aliphatic rings. The van der Waals surface area contributed by atoms with Gasteiger partial charge in [-0.25, -0.2) is 4.98 Å². The third kappa shape index (κ3) is 5.22. The molecule has 0 aliphatic carbocycles. The van der Waals surface area contributed by atoms with E-state index in [1.165, 1.54) is 0 Å². The minimum absolute atomic E-state index is 0.116. The molecule has 1 aromatic carbocycles. The van der Waals surface area contributed by atoms with Crippen LogP contribution in [-0.4, -0.2) is 45.0 Å². The topological polar surface area (TPSA) is 123 Å². The van der Waals surface area contributed by atoms with Gasteiger partial charge in [0.15, 0.2) is 17.4 Å². The smallest absolute Gasteiger partial charge is 0.274 e. The van der Waals surface area contributed by atoms with Crippen molar-refractivity contribution in [2.75, 3.05) is 18.0 Å². The second-order valence-corrected chi connectivity index (χ2v) is 8.18. The van der Waals surface area contributed by atoms with E-state index in [0.717, 1.165) is 11.1 Å². The number of nitrogens with one attached hydrogen (secondary N) is 1. The summed E-state index contributed by atoms with van der Waals surface area (Å²) in [7, 11) is 0. The Morgan fingerprint density at radius 1 is 1.03 bits per heavy atom. The third-order valence-corrected chi connectivity index (χ3v) is 5.70. The minimum Gasteiger partial charge on any atom is -0.472 e. The normalized spacial score (nSPS) is 14.7. The van der Waals surface area contributed by atoms with E-state index in [2.05, 4.69) is 25.4 Å². The van der Waals surface area contributed by atoms with Crippen molar-refractivity contribution >= 4 is 17.6 Å². The van der Waals surface area contributed by atoms with Gasteiger partial charge in [0.1, 0.15) is 0 Å². The highest BCUT2D eigenvalue weighted by atomic mass is 16.5. The average Bonchev–Trinajstić information content (AvgIpc) is 3.40. The fraction of sp³-hybridized carbons (Fsp3) is 0.231. The lowest BCUT2D eigenvalue weighted by Crippen LogP contribution is -2.42. The first-order valence-electron chi connectivity index (χ1n) is 11.7. The Bertz CT molecular complexity index is 1330. The summed E-state index contributed by atoms with van der Waals surface area (Å²) in [5, 5.41) is 6.82. The molecular formula is C26H24N6O4. The summed E-state index contributed by atoms with van der Waals surface area (Å²) in [4.78, 5) is 39.9. The Morgan fingerprint density at radius 2 is 1.86 bits per heavy atom. The van der Waals surface area contributed by atoms with Gasteiger partial charge >= 0.3 is 0 Å². The van der Waals surface area contributed by atoms with Crippen LogP contribution in [0.1, 0.15) is 30.3 Å². The molecule has 0 radical (unpaired) electrons. The first-order valence-corrected chi connectivity index (χ1v) is 11.7. The SMILES string of the molecule is O=C(CCCN1C(=O)C(c2ccccc2)Oc2cccnc21)NCCc1noc(-c2ccncc2)n1. The lowest BCUT2D eigenvalue weighted by molar-refractivity contribution is -0.127. The van der Waals surface area contributed by atoms with Crippen molar-refractivity contribution in [1.82, 2.24) is 25.4 Å². The number of nitrogens with zero attached hydrogens (tertiary/aromatic N) is 5. The number of carbonyl (C=O) groups excluding carboxylic acids is 2. The zero-order chi connectivity index (χ0) is 24.7. The van der Waals surface area contributed by atoms with Crippen molar-refractivity contribution < 1.29 is 18.8 Å². The van der Waals surface area contributed by atoms with E-state index < -0.39 is 6.10 Å². The molecule has 36 heavy (non-hydrogen) atoms. The zero-order valence-electron chi connectivity index (χ0n) is 19.4. The molecule has 0 spiro atoms. The summed E-state index contributed by atoms with van der Waals surface area (Å²) in [6.45, 7) is 0.730. The standard InChI is InChI=1S/C26H24N6O4/c33-22(28-16-12-21-30-25(36-31-21)19-10-14-27-15-11-19)9-5-17-32-24-20(8-4-13-29-24)35-23(26(32)34)18-6-2-1-3-7-18/h1-4,6-8,10-11,13-15,23H,5,9,12,16-17H2,(H,28,33). The Balaban J connectivity index is 1.13. The number of benzene rings is 1. The molecule has 1 atom stereocenters. The van der Waals surface area contributed by atoms with Gasteiger partial charge < -0.3 is 14.6 Å². The summed E-state index contributed by atoms with van der Waals surface area (Å²) in [5.74, 6) is 1.62. The Kier molecular flexibility index (Phi) is 6.93. The number of pyridine rings is 2. The summed E-state index contributed by atoms with van der Waals surface area (Å²) < 4.78 is 11.2. The van der Waals surface area contributed by atoms with Gasteiger partial charge in [0.05, 0.1) is 0 Å². The van der Waals surface area contributed by atoms with E-state index in [9.17, 15) is 9.59 Å². The van der Waals surface area contributed by atoms with Gasteiger partial charge in [-0.3, -0.25) is 19.5 Å². The molecule has 2 amide bonds. The molecule has 0 bridgehead atoms. The van der Waals surface area contributed by atoms with Crippen molar-refractivity contribution in [2.24, 2.45) is 0 Å². The number of ether oxygens (including phenoxy) is 1. The summed E-state index contributed by atoms with van der Waals surface area (Å²) in [5.41, 5.74) is 1.56. The lowest BCUT2D eigenvalue weighted by atomic mass is 10.1. The van der Waals surface area contributed by atoms with Crippen LogP contribution in [0.15, 0.2) is 77.7 Å². The Labute approximate surface area is 207 Å². The van der Waals surface area contributed by atoms with E-state index in [1.54, 1.807) is 47.8 Å². The van der Waals surface area contributed by atoms with Gasteiger partial charge in [0.2, 0.25) is 12.0 Å². The second kappa shape index (κ2) is 10.8. The minimum atomic E-state index is -0.747. The van der Waals surface area contributed by atoms with Crippen LogP contribution >= 0.6 is 0 Å². The number of aromatic nitrogens is 4. The first-order chi connectivity index (χ1) is 17.7. The average molecular weight is 485 g/mol. The van der Waals surface area contributed by atoms with E-state index in [-0.39, 0.29) is 18.2 Å². The lowest BCUT2D eigenvalue weighted by Gasteiger charge is -2.33. The van der Waals surface area contributed by atoms with Crippen LogP contribution in [0.3, 0.4) is 0 Å². The Morgan fingerprint density at radius 3 is 2.69 bits per heavy atom. The molecule has 1 aliphatic heterocycles. The summed E-state index contributed by atoms with van der Waals surface area (Å²) in [6.07, 6.45) is 5.36. The number of amides is 2. The van der Waals surface area contributed by atoms with Gasteiger partial charge in [-0.1, -0.05) is 35.5 Å². The first kappa shape index (κ1) is 23.2. The Hall–Kier alpha value is -4.60. The molecule has 1 unspecified atom stereocenters. The molecular weight excluding hydrogens is 460 g/mol. The maximum atomic E-state index is 13.2. The molecule has 1 N–H and O–H groups in total. The van der Waals surface area contributed by atoms with Crippen LogP contribution in [0, 0.1) is 0 Å². The third-order valence-electron chi connectivity index (χ3n) is 5.70. The maximum absolute atomic E-state index is 13.2. The van der Waals surface area contributed by atoms with Crippen LogP contribution in [0.4, 0.5) is 5.82 Å². The van der Waals surface area contributed by atoms with Crippen LogP contribution < -0.4 is 15.0 Å². The summed E-state index contributed by atoms with van der Waals surface area (Å²) >= 11 is 0. The molecule has 10 nitrogen and oxygen atoms in total. The van der Waals surface area contributed by atoms with E-state index in [1.807, 2.05) is 30.3 Å². The molecule has 0 fully saturated rings. The number of hydrogen-bond acceptors (Lipinski definition) is 8. The van der Waals surface area contributed by atoms with Gasteiger partial charge in [-0.05, 0) is 30.7 Å². The summed E-state index contributed by atoms with van der Waals surface area (Å²) in [6, 6.07) is 16.5. The highest BCUT2D eigenvalue weighted by Gasteiger charge is 2.36. The zero-order valence-corrected chi connectivity index (χ0v) is 19.4. The quantitative estimate of drug-likeness (QED) is 0.384. The van der Waals surface area contributed by atoms with Crippen LogP contribution in [-0.2, 0) is 16.0 Å². The molecule has 4 aromatic rings. The highest BCUT2D eigenvalue weighted by Crippen LogP contribution is 2.37. The van der Waals surface area contributed by atoms with Gasteiger partial charge in [-0.2, -0.15) is 4.98 Å². The van der Waals surface area contributed by atoms with Crippen LogP contribution in [0.2, 0.25) is 0 Å². The number of carbonyl (C=O) groups is 2. The predicted molar refractivity (Wildman–Crippen MR) is 130 cm³/mol. The van der Waals surface area contributed by atoms with Crippen LogP contribution in [0.25, 0.3) is 11.5 Å². The molecule has 5 rings (SSSR count). The van der Waals surface area contributed by atoms with E-state index in [4.69, 9.17) is 9.26 Å². The van der Waals surface area contributed by atoms with E-state index >= 15 is 0 Å². The monoisotopic (exact) mass is 484 g/mol. The molecule has 182 valence electrons. The fourth-order valence-electron chi connectivity index (χ4n) is 3.92. The molecule has 4 heterocycles. The van der Waals surface area contributed by atoms with Gasteiger partial charge in [-0.15, -0.1) is 0 Å². The van der Waals surface area contributed by atoms with Crippen molar-refractivity contribution in [2.45, 2.75) is 25.4 Å². The maximum Gasteiger partial charge on any atom is 0.274 e. The van der Waals surface area contributed by atoms with Crippen molar-refractivity contribution in [3.05, 3.63) is 84.6 Å². The fourth-order valence-corrected chi connectivity index (χ4v) is 3.92. The number of anilines is 1. The van der Waals surface area contributed by atoms with Gasteiger partial charge in [0.25, 0.3) is 11.8 Å². The van der Waals surface area contributed by atoms with Crippen molar-refractivity contribution in [3.63, 3.8) is 0 Å². The predicted octanol–water partition coefficient (Wildman–Crippen LogP) is 3.13. The van der Waals surface area contributed by atoms with Crippen molar-refractivity contribution in [1.29, 1.82) is 0 Å². The largest absolute Gasteiger partial charge is 0.472 e. The molecule has 0 saturated carbocycles. The molecule has 3 aromatic heterocycles. The number of hydrogen-bond donors (Lipinski definition) is 1. The van der Waals surface area contributed by atoms with E-state index in [0.29, 0.717) is 49.2 Å². The molecule has 10 heteroatoms. The number of rotatable bonds is 9. The van der Waals surface area contributed by atoms with Crippen molar-refractivity contribution in [3.8, 4) is 17.2 Å². The van der Waals surface area contributed by atoms with Gasteiger partial charge in [0, 0.05) is 55.6 Å².